The molecular formula is C19H19NO2S. The topological polar surface area (TPSA) is 38.3 Å². The number of benzene rings is 2. The Morgan fingerprint density at radius 3 is 2.65 bits per heavy atom. The molecule has 0 saturated heterocycles. The lowest BCUT2D eigenvalue weighted by Gasteiger charge is -2.25. The van der Waals surface area contributed by atoms with Gasteiger partial charge < -0.3 is 10.1 Å². The van der Waals surface area contributed by atoms with E-state index in [1.54, 1.807) is 7.11 Å². The molecule has 0 heterocycles. The molecular weight excluding hydrogens is 306 g/mol. The van der Waals surface area contributed by atoms with Crippen molar-refractivity contribution in [1.29, 1.82) is 0 Å². The zero-order valence-corrected chi connectivity index (χ0v) is 14.1. The third kappa shape index (κ3) is 3.27. The fourth-order valence-electron chi connectivity index (χ4n) is 2.86. The summed E-state index contributed by atoms with van der Waals surface area (Å²) in [7, 11) is 1.61. The maximum absolute atomic E-state index is 12.8. The van der Waals surface area contributed by atoms with Crippen molar-refractivity contribution in [2.75, 3.05) is 12.4 Å². The van der Waals surface area contributed by atoms with E-state index in [9.17, 15) is 4.79 Å². The quantitative estimate of drug-likeness (QED) is 0.859. The summed E-state index contributed by atoms with van der Waals surface area (Å²) < 4.78 is 5.23. The first kappa shape index (κ1) is 15.7. The van der Waals surface area contributed by atoms with Crippen molar-refractivity contribution in [3.05, 3.63) is 59.2 Å². The molecule has 0 aliphatic heterocycles. The number of Topliss-reactive ketones (excluding diaryl/α,β-unsaturated/α-hetero) is 1. The molecule has 0 fully saturated rings. The zero-order chi connectivity index (χ0) is 16.4. The highest BCUT2D eigenvalue weighted by molar-refractivity contribution is 7.80. The van der Waals surface area contributed by atoms with Crippen molar-refractivity contribution in [2.45, 2.75) is 19.8 Å². The normalized spacial score (nSPS) is 16.6. The van der Waals surface area contributed by atoms with Crippen molar-refractivity contribution in [3.63, 3.8) is 0 Å². The van der Waals surface area contributed by atoms with Crippen LogP contribution in [0, 0.1) is 12.8 Å². The van der Waals surface area contributed by atoms with Crippen molar-refractivity contribution in [2.24, 2.45) is 5.92 Å². The van der Waals surface area contributed by atoms with E-state index in [0.29, 0.717) is 10.7 Å². The van der Waals surface area contributed by atoms with E-state index in [1.807, 2.05) is 49.4 Å². The zero-order valence-electron chi connectivity index (χ0n) is 13.3. The Balaban J connectivity index is 1.79. The van der Waals surface area contributed by atoms with Gasteiger partial charge in [-0.1, -0.05) is 36.0 Å². The van der Waals surface area contributed by atoms with Gasteiger partial charge in [0, 0.05) is 11.3 Å². The average Bonchev–Trinajstić information content (AvgIpc) is 2.57. The van der Waals surface area contributed by atoms with Crippen LogP contribution in [0.25, 0.3) is 0 Å². The summed E-state index contributed by atoms with van der Waals surface area (Å²) in [6, 6.07) is 13.7. The number of aryl methyl sites for hydroxylation is 2. The molecule has 1 aliphatic rings. The summed E-state index contributed by atoms with van der Waals surface area (Å²) in [5.74, 6) is 0.510. The Hall–Kier alpha value is -2.20. The van der Waals surface area contributed by atoms with Crippen LogP contribution in [0.1, 0.15) is 27.9 Å². The van der Waals surface area contributed by atoms with E-state index in [1.165, 1.54) is 5.56 Å². The molecule has 1 N–H and O–H groups in total. The molecule has 2 aromatic rings. The number of hydrogen-bond donors (Lipinski definition) is 1. The Labute approximate surface area is 141 Å². The molecule has 0 spiro atoms. The molecule has 1 unspecified atom stereocenters. The number of rotatable bonds is 3. The number of ketones is 1. The molecule has 0 radical (unpaired) electrons. The van der Waals surface area contributed by atoms with Gasteiger partial charge in [0.15, 0.2) is 5.78 Å². The number of methoxy groups -OCH3 is 1. The monoisotopic (exact) mass is 325 g/mol. The van der Waals surface area contributed by atoms with Gasteiger partial charge in [0.2, 0.25) is 0 Å². The van der Waals surface area contributed by atoms with Gasteiger partial charge in [-0.15, -0.1) is 0 Å². The van der Waals surface area contributed by atoms with Gasteiger partial charge in [-0.05, 0) is 49.6 Å². The second-order valence-corrected chi connectivity index (χ2v) is 6.27. The fraction of sp³-hybridized carbons (Fsp3) is 0.263. The van der Waals surface area contributed by atoms with Gasteiger partial charge in [0.05, 0.1) is 18.0 Å². The molecule has 4 heteroatoms. The van der Waals surface area contributed by atoms with Crippen molar-refractivity contribution in [1.82, 2.24) is 0 Å². The van der Waals surface area contributed by atoms with Gasteiger partial charge >= 0.3 is 0 Å². The standard InChI is InChI=1S/C19H19NO2S/c1-12-3-7-14(8-4-12)20-19(23)16-10-6-13-5-9-15(22-2)11-17(13)18(16)21/h3-5,7-9,11,16H,6,10H2,1-2H3,(H,20,23). The van der Waals surface area contributed by atoms with E-state index < -0.39 is 0 Å². The Morgan fingerprint density at radius 2 is 1.96 bits per heavy atom. The summed E-state index contributed by atoms with van der Waals surface area (Å²) >= 11 is 5.49. The summed E-state index contributed by atoms with van der Waals surface area (Å²) in [6.07, 6.45) is 1.60. The Bertz CT molecular complexity index is 752. The molecule has 1 aliphatic carbocycles. The molecule has 0 saturated carbocycles. The average molecular weight is 325 g/mol. The molecule has 23 heavy (non-hydrogen) atoms. The van der Waals surface area contributed by atoms with Crippen LogP contribution < -0.4 is 10.1 Å². The maximum atomic E-state index is 12.8. The molecule has 2 aromatic carbocycles. The van der Waals surface area contributed by atoms with Gasteiger partial charge in [-0.3, -0.25) is 4.79 Å². The lowest BCUT2D eigenvalue weighted by Crippen LogP contribution is -2.32. The van der Waals surface area contributed by atoms with Gasteiger partial charge in [-0.25, -0.2) is 0 Å². The predicted octanol–water partition coefficient (Wildman–Crippen LogP) is 4.19. The van der Waals surface area contributed by atoms with Gasteiger partial charge in [-0.2, -0.15) is 0 Å². The van der Waals surface area contributed by atoms with Crippen LogP contribution in [0.2, 0.25) is 0 Å². The van der Waals surface area contributed by atoms with E-state index >= 15 is 0 Å². The summed E-state index contributed by atoms with van der Waals surface area (Å²) in [5, 5.41) is 3.21. The largest absolute Gasteiger partial charge is 0.497 e. The lowest BCUT2D eigenvalue weighted by molar-refractivity contribution is 0.0941. The van der Waals surface area contributed by atoms with Crippen LogP contribution in [-0.4, -0.2) is 17.9 Å². The SMILES string of the molecule is COc1ccc2c(c1)C(=O)C(C(=S)Nc1ccc(C)cc1)CC2. The summed E-state index contributed by atoms with van der Waals surface area (Å²) in [6.45, 7) is 2.04. The molecule has 0 aromatic heterocycles. The second-order valence-electron chi connectivity index (χ2n) is 5.83. The van der Waals surface area contributed by atoms with Crippen LogP contribution in [0.3, 0.4) is 0 Å². The summed E-state index contributed by atoms with van der Waals surface area (Å²) in [5.41, 5.74) is 3.92. The van der Waals surface area contributed by atoms with E-state index in [4.69, 9.17) is 17.0 Å². The van der Waals surface area contributed by atoms with Crippen molar-refractivity contribution >= 4 is 28.7 Å². The van der Waals surface area contributed by atoms with Crippen LogP contribution >= 0.6 is 12.2 Å². The highest BCUT2D eigenvalue weighted by atomic mass is 32.1. The minimum atomic E-state index is -0.272. The lowest BCUT2D eigenvalue weighted by atomic mass is 9.82. The molecule has 3 rings (SSSR count). The molecule has 0 bridgehead atoms. The van der Waals surface area contributed by atoms with E-state index in [-0.39, 0.29) is 11.7 Å². The molecule has 118 valence electrons. The predicted molar refractivity (Wildman–Crippen MR) is 96.5 cm³/mol. The first-order chi connectivity index (χ1) is 11.1. The number of nitrogens with one attached hydrogen (secondary N) is 1. The number of hydrogen-bond acceptors (Lipinski definition) is 3. The minimum Gasteiger partial charge on any atom is -0.497 e. The highest BCUT2D eigenvalue weighted by Crippen LogP contribution is 2.30. The van der Waals surface area contributed by atoms with Gasteiger partial charge in [0.25, 0.3) is 0 Å². The van der Waals surface area contributed by atoms with Crippen LogP contribution in [0.5, 0.6) is 5.75 Å². The molecule has 3 nitrogen and oxygen atoms in total. The number of carbonyl (C=O) groups is 1. The van der Waals surface area contributed by atoms with Crippen LogP contribution in [0.15, 0.2) is 42.5 Å². The van der Waals surface area contributed by atoms with Crippen LogP contribution in [-0.2, 0) is 6.42 Å². The number of fused-ring (bicyclic) bond motifs is 1. The van der Waals surface area contributed by atoms with Crippen molar-refractivity contribution in [3.8, 4) is 5.75 Å². The first-order valence-corrected chi connectivity index (χ1v) is 8.08. The smallest absolute Gasteiger partial charge is 0.173 e. The number of carbonyl (C=O) groups excluding carboxylic acids is 1. The van der Waals surface area contributed by atoms with E-state index in [0.717, 1.165) is 29.7 Å². The second kappa shape index (κ2) is 6.50. The maximum Gasteiger partial charge on any atom is 0.173 e. The number of ether oxygens (including phenoxy) is 1. The van der Waals surface area contributed by atoms with E-state index in [2.05, 4.69) is 5.32 Å². The van der Waals surface area contributed by atoms with Crippen LogP contribution in [0.4, 0.5) is 5.69 Å². The Morgan fingerprint density at radius 1 is 1.22 bits per heavy atom. The fourth-order valence-corrected chi connectivity index (χ4v) is 3.21. The third-order valence-electron chi connectivity index (χ3n) is 4.24. The molecule has 1 atom stereocenters. The molecule has 0 amide bonds. The Kier molecular flexibility index (Phi) is 4.44. The summed E-state index contributed by atoms with van der Waals surface area (Å²) in [4.78, 5) is 13.4. The van der Waals surface area contributed by atoms with Crippen molar-refractivity contribution < 1.29 is 9.53 Å². The number of anilines is 1. The highest BCUT2D eigenvalue weighted by Gasteiger charge is 2.30. The minimum absolute atomic E-state index is 0.0785. The third-order valence-corrected chi connectivity index (χ3v) is 4.62. The first-order valence-electron chi connectivity index (χ1n) is 7.67. The van der Waals surface area contributed by atoms with Gasteiger partial charge in [0.1, 0.15) is 5.75 Å². The number of thiocarbonyl (C=S) groups is 1.